The van der Waals surface area contributed by atoms with Crippen LogP contribution in [0.5, 0.6) is 5.75 Å². The fourth-order valence-corrected chi connectivity index (χ4v) is 3.31. The van der Waals surface area contributed by atoms with Crippen LogP contribution in [0.2, 0.25) is 0 Å². The summed E-state index contributed by atoms with van der Waals surface area (Å²) in [6.07, 6.45) is -5.19. The molecule has 2 N–H and O–H groups in total. The van der Waals surface area contributed by atoms with Crippen LogP contribution in [0.15, 0.2) is 54.6 Å². The molecule has 5 nitrogen and oxygen atoms in total. The number of alkyl halides is 3. The molecular weight excluding hydrogens is 392 g/mol. The highest BCUT2D eigenvalue weighted by molar-refractivity contribution is 5.76. The van der Waals surface area contributed by atoms with Crippen molar-refractivity contribution in [1.29, 1.82) is 0 Å². The molecule has 29 heavy (non-hydrogen) atoms. The fraction of sp³-hybridized carbons (Fsp3) is 0.350. The predicted molar refractivity (Wildman–Crippen MR) is 96.3 cm³/mol. The van der Waals surface area contributed by atoms with Gasteiger partial charge >= 0.3 is 12.1 Å². The molecule has 0 saturated carbocycles. The molecule has 2 aromatic carbocycles. The maximum absolute atomic E-state index is 13.4. The average molecular weight is 412 g/mol. The van der Waals surface area contributed by atoms with E-state index in [0.29, 0.717) is 0 Å². The van der Waals surface area contributed by atoms with Gasteiger partial charge in [-0.1, -0.05) is 36.4 Å². The number of carbonyl (C=O) groups excluding carboxylic acids is 1. The molecule has 9 heteroatoms. The Balaban J connectivity index is 1.89. The van der Waals surface area contributed by atoms with Gasteiger partial charge in [-0.2, -0.15) is 13.2 Å². The number of benzene rings is 2. The van der Waals surface area contributed by atoms with Crippen molar-refractivity contribution in [3.8, 4) is 5.75 Å². The molecular formula is C20H20F4N2O3. The molecule has 2 atom stereocenters. The second-order valence-electron chi connectivity index (χ2n) is 7.30. The first kappa shape index (κ1) is 21.1. The summed E-state index contributed by atoms with van der Waals surface area (Å²) < 4.78 is 62.3. The van der Waals surface area contributed by atoms with Gasteiger partial charge in [-0.3, -0.25) is 10.6 Å². The van der Waals surface area contributed by atoms with Crippen molar-refractivity contribution in [3.63, 3.8) is 0 Å². The second kappa shape index (κ2) is 7.64. The average Bonchev–Trinajstić information content (AvgIpc) is 2.91. The van der Waals surface area contributed by atoms with Crippen LogP contribution in [0.25, 0.3) is 0 Å². The monoisotopic (exact) mass is 412 g/mol. The summed E-state index contributed by atoms with van der Waals surface area (Å²) in [4.78, 5) is 11.6. The Bertz CT molecular complexity index is 874. The lowest BCUT2D eigenvalue weighted by atomic mass is 9.91. The largest absolute Gasteiger partial charge is 0.491 e. The molecule has 0 aromatic heterocycles. The number of hydrogen-bond donors (Lipinski definition) is 2. The van der Waals surface area contributed by atoms with Crippen molar-refractivity contribution < 1.29 is 31.8 Å². The van der Waals surface area contributed by atoms with Gasteiger partial charge < -0.3 is 9.47 Å². The maximum Gasteiger partial charge on any atom is 0.491 e. The fourth-order valence-electron chi connectivity index (χ4n) is 3.31. The van der Waals surface area contributed by atoms with Gasteiger partial charge in [0.1, 0.15) is 11.6 Å². The van der Waals surface area contributed by atoms with Gasteiger partial charge in [-0.25, -0.2) is 9.18 Å². The Labute approximate surface area is 165 Å². The van der Waals surface area contributed by atoms with Gasteiger partial charge in [-0.05, 0) is 31.5 Å². The summed E-state index contributed by atoms with van der Waals surface area (Å²) in [6.45, 7) is 2.98. The van der Waals surface area contributed by atoms with Gasteiger partial charge in [-0.15, -0.1) is 0 Å². The molecule has 1 heterocycles. The molecule has 0 radical (unpaired) electrons. The van der Waals surface area contributed by atoms with E-state index in [0.717, 1.165) is 11.6 Å². The third kappa shape index (κ3) is 4.86. The smallest absolute Gasteiger partial charge is 0.486 e. The van der Waals surface area contributed by atoms with E-state index < -0.39 is 42.0 Å². The lowest BCUT2D eigenvalue weighted by Gasteiger charge is -2.31. The molecule has 2 unspecified atom stereocenters. The first-order chi connectivity index (χ1) is 13.5. The van der Waals surface area contributed by atoms with E-state index >= 15 is 0 Å². The Hall–Kier alpha value is -2.65. The molecule has 3 rings (SSSR count). The summed E-state index contributed by atoms with van der Waals surface area (Å²) in [5.74, 6) is -4.84. The highest BCUT2D eigenvalue weighted by atomic mass is 19.4. The summed E-state index contributed by atoms with van der Waals surface area (Å²) in [5, 5.41) is 5.83. The quantitative estimate of drug-likeness (QED) is 0.580. The lowest BCUT2D eigenvalue weighted by molar-refractivity contribution is -0.221. The molecule has 0 aliphatic carbocycles. The van der Waals surface area contributed by atoms with Crippen LogP contribution in [-0.4, -0.2) is 30.1 Å². The first-order valence-electron chi connectivity index (χ1n) is 8.81. The third-order valence-corrected chi connectivity index (χ3v) is 4.49. The van der Waals surface area contributed by atoms with Gasteiger partial charge in [0.2, 0.25) is 0 Å². The Morgan fingerprint density at radius 3 is 2.41 bits per heavy atom. The summed E-state index contributed by atoms with van der Waals surface area (Å²) in [6, 6.07) is 13.6. The SMILES string of the molecule is CC1(C)NC(COc2cccc(F)c2)(OC(=O)C(F)(F)F)NC1c1ccccc1. The number of rotatable bonds is 5. The van der Waals surface area contributed by atoms with Crippen LogP contribution >= 0.6 is 0 Å². The lowest BCUT2D eigenvalue weighted by Crippen LogP contribution is -2.60. The molecule has 0 bridgehead atoms. The number of hydrogen-bond acceptors (Lipinski definition) is 5. The van der Waals surface area contributed by atoms with E-state index in [1.807, 2.05) is 6.07 Å². The minimum atomic E-state index is -5.19. The molecule has 1 aliphatic heterocycles. The standard InChI is InChI=1S/C20H20F4N2O3/c1-18(2)16(13-7-4-3-5-8-13)25-19(26-18,29-17(27)20(22,23)24)12-28-15-10-6-9-14(21)11-15/h3-11,16,25-26H,12H2,1-2H3. The summed E-state index contributed by atoms with van der Waals surface area (Å²) in [7, 11) is 0. The Kier molecular flexibility index (Phi) is 5.55. The highest BCUT2D eigenvalue weighted by Crippen LogP contribution is 2.36. The third-order valence-electron chi connectivity index (χ3n) is 4.49. The van der Waals surface area contributed by atoms with Crippen molar-refractivity contribution in [2.45, 2.75) is 37.5 Å². The van der Waals surface area contributed by atoms with Crippen molar-refractivity contribution in [2.24, 2.45) is 0 Å². The van der Waals surface area contributed by atoms with E-state index in [1.165, 1.54) is 18.2 Å². The van der Waals surface area contributed by atoms with E-state index in [1.54, 1.807) is 38.1 Å². The zero-order chi connectivity index (χ0) is 21.3. The molecule has 0 amide bonds. The van der Waals surface area contributed by atoms with Crippen molar-refractivity contribution >= 4 is 5.97 Å². The molecule has 1 aliphatic rings. The van der Waals surface area contributed by atoms with Crippen molar-refractivity contribution in [3.05, 3.63) is 66.0 Å². The van der Waals surface area contributed by atoms with E-state index in [-0.39, 0.29) is 5.75 Å². The maximum atomic E-state index is 13.4. The number of nitrogens with one attached hydrogen (secondary N) is 2. The number of carbonyl (C=O) groups is 1. The number of ether oxygens (including phenoxy) is 2. The van der Waals surface area contributed by atoms with Gasteiger partial charge in [0.15, 0.2) is 6.61 Å². The zero-order valence-electron chi connectivity index (χ0n) is 15.7. The molecule has 1 fully saturated rings. The molecule has 156 valence electrons. The van der Waals surface area contributed by atoms with Crippen molar-refractivity contribution in [1.82, 2.24) is 10.6 Å². The van der Waals surface area contributed by atoms with E-state index in [9.17, 15) is 22.4 Å². The topological polar surface area (TPSA) is 59.6 Å². The Morgan fingerprint density at radius 2 is 1.79 bits per heavy atom. The van der Waals surface area contributed by atoms with E-state index in [4.69, 9.17) is 9.47 Å². The van der Waals surface area contributed by atoms with Gasteiger partial charge in [0.05, 0.1) is 6.04 Å². The van der Waals surface area contributed by atoms with Gasteiger partial charge in [0, 0.05) is 11.6 Å². The highest BCUT2D eigenvalue weighted by Gasteiger charge is 2.55. The van der Waals surface area contributed by atoms with Crippen LogP contribution < -0.4 is 15.4 Å². The second-order valence-corrected chi connectivity index (χ2v) is 7.30. The van der Waals surface area contributed by atoms with Crippen LogP contribution in [0.4, 0.5) is 17.6 Å². The predicted octanol–water partition coefficient (Wildman–Crippen LogP) is 3.68. The van der Waals surface area contributed by atoms with Crippen LogP contribution in [0.1, 0.15) is 25.5 Å². The van der Waals surface area contributed by atoms with Crippen LogP contribution in [0.3, 0.4) is 0 Å². The first-order valence-corrected chi connectivity index (χ1v) is 8.81. The molecule has 1 saturated heterocycles. The van der Waals surface area contributed by atoms with Crippen molar-refractivity contribution in [2.75, 3.05) is 6.61 Å². The minimum Gasteiger partial charge on any atom is -0.486 e. The molecule has 2 aromatic rings. The molecule has 0 spiro atoms. The van der Waals surface area contributed by atoms with E-state index in [2.05, 4.69) is 10.6 Å². The Morgan fingerprint density at radius 1 is 1.10 bits per heavy atom. The van der Waals surface area contributed by atoms with Crippen LogP contribution in [0, 0.1) is 5.82 Å². The number of halogens is 4. The normalized spacial score (nSPS) is 23.6. The number of esters is 1. The summed E-state index contributed by atoms with van der Waals surface area (Å²) >= 11 is 0. The zero-order valence-corrected chi connectivity index (χ0v) is 15.7. The minimum absolute atomic E-state index is 0.0806. The summed E-state index contributed by atoms with van der Waals surface area (Å²) in [5.41, 5.74) is -0.0286. The van der Waals surface area contributed by atoms with Crippen LogP contribution in [-0.2, 0) is 9.53 Å². The van der Waals surface area contributed by atoms with Gasteiger partial charge in [0.25, 0.3) is 5.85 Å².